The van der Waals surface area contributed by atoms with Gasteiger partial charge >= 0.3 is 0 Å². The van der Waals surface area contributed by atoms with E-state index in [0.29, 0.717) is 0 Å². The van der Waals surface area contributed by atoms with Gasteiger partial charge in [-0.3, -0.25) is 4.99 Å². The largest absolute Gasteiger partial charge is 1.00 e. The van der Waals surface area contributed by atoms with Crippen LogP contribution in [0.3, 0.4) is 0 Å². The number of anilines is 1. The summed E-state index contributed by atoms with van der Waals surface area (Å²) in [6.07, 6.45) is 9.77. The number of aliphatic imine (C=N–C) groups is 1. The molecule has 0 bridgehead atoms. The first-order valence-electron chi connectivity index (χ1n) is 12.5. The molecule has 1 N–H and O–H groups in total. The molecule has 3 aromatic carbocycles. The van der Waals surface area contributed by atoms with Crippen molar-refractivity contribution in [3.63, 3.8) is 0 Å². The maximum absolute atomic E-state index is 5.07. The molecule has 2 saturated heterocycles. The second-order valence-electron chi connectivity index (χ2n) is 8.40. The average molecular weight is 618 g/mol. The second-order valence-corrected chi connectivity index (χ2v) is 8.40. The first kappa shape index (κ1) is 35.7. The van der Waals surface area contributed by atoms with Crippen molar-refractivity contribution < 1.29 is 67.0 Å². The van der Waals surface area contributed by atoms with Crippen LogP contribution in [0.4, 0.5) is 11.4 Å². The summed E-state index contributed by atoms with van der Waals surface area (Å²) < 4.78 is 10.1. The maximum Gasteiger partial charge on any atom is 0.0629 e. The number of benzene rings is 3. The molecule has 2 aliphatic rings. The van der Waals surface area contributed by atoms with Crippen molar-refractivity contribution in [2.24, 2.45) is 4.99 Å². The Balaban J connectivity index is 0.000000715. The molecule has 2 aliphatic heterocycles. The number of nitrogens with zero attached hydrogens (tertiary/aromatic N) is 1. The molecule has 0 atom stereocenters. The Morgan fingerprint density at radius 3 is 1.68 bits per heavy atom. The zero-order chi connectivity index (χ0) is 23.5. The first-order valence-corrected chi connectivity index (χ1v) is 12.5. The molecule has 0 spiro atoms. The molecule has 0 saturated carbocycles. The molecule has 2 heterocycles. The van der Waals surface area contributed by atoms with Gasteiger partial charge in [-0.2, -0.15) is 0 Å². The third-order valence-electron chi connectivity index (χ3n) is 5.50. The van der Waals surface area contributed by atoms with E-state index in [9.17, 15) is 0 Å². The topological polar surface area (TPSA) is 42.9 Å². The minimum absolute atomic E-state index is 0. The fourth-order valence-electron chi connectivity index (χ4n) is 3.58. The normalized spacial score (nSPS) is 14.2. The summed E-state index contributed by atoms with van der Waals surface area (Å²) in [5.74, 6) is 0. The molecule has 1 radical (unpaired) electrons. The van der Waals surface area contributed by atoms with Gasteiger partial charge in [0.25, 0.3) is 0 Å². The number of para-hydroxylation sites is 2. The van der Waals surface area contributed by atoms with Crippen LogP contribution in [-0.4, -0.2) is 32.6 Å². The molecule has 37 heavy (non-hydrogen) atoms. The molecule has 3 aromatic rings. The molecule has 2 fully saturated rings. The van der Waals surface area contributed by atoms with E-state index >= 15 is 0 Å². The summed E-state index contributed by atoms with van der Waals surface area (Å²) in [7, 11) is 0. The molecular formula is C30H38Cl2N2O2Y-2. The average Bonchev–Trinajstić information content (AvgIpc) is 2.95. The standard InChI is InChI=1S/C20H18N2.2C5H10O.2ClH.Y/c1-3-10-19(11-4-1)21-15-17-8-7-9-18(14-17)16-22-20-12-5-2-6-13-20;2*1-2-4-6-5-3-1;;;/h1-15,22H,16H2;2*1-5H2;2*1H;/p-2. The SMILES string of the molecule is C(=Nc1ccccc1)c1cccc(CNc2ccccc2)c1.C1CCOCC1.C1CCOCC1.[Cl-].[Cl-].[Y]. The van der Waals surface area contributed by atoms with Crippen LogP contribution in [0.25, 0.3) is 0 Å². The Morgan fingerprint density at radius 2 is 1.19 bits per heavy atom. The van der Waals surface area contributed by atoms with Crippen LogP contribution in [-0.2, 0) is 48.7 Å². The van der Waals surface area contributed by atoms with Gasteiger partial charge in [0.15, 0.2) is 0 Å². The van der Waals surface area contributed by atoms with E-state index in [1.165, 1.54) is 44.1 Å². The summed E-state index contributed by atoms with van der Waals surface area (Å²) in [5.41, 5.74) is 4.44. The summed E-state index contributed by atoms with van der Waals surface area (Å²) in [6.45, 7) is 4.80. The quantitative estimate of drug-likeness (QED) is 0.441. The predicted octanol–water partition coefficient (Wildman–Crippen LogP) is 1.43. The molecule has 0 amide bonds. The van der Waals surface area contributed by atoms with Crippen molar-refractivity contribution in [3.8, 4) is 0 Å². The van der Waals surface area contributed by atoms with Crippen molar-refractivity contribution in [2.45, 2.75) is 45.1 Å². The van der Waals surface area contributed by atoms with Crippen molar-refractivity contribution in [2.75, 3.05) is 31.7 Å². The van der Waals surface area contributed by atoms with Crippen LogP contribution in [0, 0.1) is 0 Å². The summed E-state index contributed by atoms with van der Waals surface area (Å²) in [4.78, 5) is 4.49. The van der Waals surface area contributed by atoms with Gasteiger partial charge in [-0.1, -0.05) is 54.6 Å². The van der Waals surface area contributed by atoms with Gasteiger partial charge in [0, 0.05) is 77.6 Å². The molecule has 4 nitrogen and oxygen atoms in total. The summed E-state index contributed by atoms with van der Waals surface area (Å²) in [6, 6.07) is 28.6. The van der Waals surface area contributed by atoms with Gasteiger partial charge in [0.2, 0.25) is 0 Å². The van der Waals surface area contributed by atoms with E-state index in [1.54, 1.807) is 0 Å². The number of hydrogen-bond acceptors (Lipinski definition) is 4. The van der Waals surface area contributed by atoms with Crippen LogP contribution in [0.1, 0.15) is 49.7 Å². The van der Waals surface area contributed by atoms with Crippen LogP contribution >= 0.6 is 0 Å². The van der Waals surface area contributed by atoms with Crippen LogP contribution in [0.5, 0.6) is 0 Å². The Labute approximate surface area is 260 Å². The van der Waals surface area contributed by atoms with Gasteiger partial charge in [0.05, 0.1) is 5.69 Å². The summed E-state index contributed by atoms with van der Waals surface area (Å²) >= 11 is 0. The number of hydrogen-bond donors (Lipinski definition) is 1. The van der Waals surface area contributed by atoms with E-state index in [0.717, 1.165) is 49.9 Å². The predicted molar refractivity (Wildman–Crippen MR) is 143 cm³/mol. The Morgan fingerprint density at radius 1 is 0.649 bits per heavy atom. The van der Waals surface area contributed by atoms with Crippen molar-refractivity contribution in [1.82, 2.24) is 0 Å². The number of nitrogens with one attached hydrogen (secondary N) is 1. The van der Waals surface area contributed by atoms with E-state index < -0.39 is 0 Å². The zero-order valence-corrected chi connectivity index (χ0v) is 25.9. The van der Waals surface area contributed by atoms with Gasteiger partial charge in [-0.25, -0.2) is 0 Å². The van der Waals surface area contributed by atoms with Crippen LogP contribution in [0.15, 0.2) is 89.9 Å². The fraction of sp³-hybridized carbons (Fsp3) is 0.367. The van der Waals surface area contributed by atoms with Crippen molar-refractivity contribution in [1.29, 1.82) is 0 Å². The van der Waals surface area contributed by atoms with Gasteiger partial charge in [-0.05, 0) is 80.0 Å². The van der Waals surface area contributed by atoms with Gasteiger partial charge in [0.1, 0.15) is 0 Å². The molecule has 0 aliphatic carbocycles. The maximum atomic E-state index is 5.07. The second kappa shape index (κ2) is 23.8. The van der Waals surface area contributed by atoms with Gasteiger partial charge in [-0.15, -0.1) is 0 Å². The Kier molecular flexibility index (Phi) is 23.0. The third kappa shape index (κ3) is 17.0. The molecule has 199 valence electrons. The van der Waals surface area contributed by atoms with Gasteiger partial charge < -0.3 is 39.6 Å². The third-order valence-corrected chi connectivity index (χ3v) is 5.50. The molecule has 0 unspecified atom stereocenters. The molecule has 7 heteroatoms. The van der Waals surface area contributed by atoms with E-state index in [-0.39, 0.29) is 57.5 Å². The Hall–Kier alpha value is -1.27. The van der Waals surface area contributed by atoms with Crippen LogP contribution in [0.2, 0.25) is 0 Å². The molecule has 5 rings (SSSR count). The first-order chi connectivity index (χ1) is 16.9. The van der Waals surface area contributed by atoms with E-state index in [4.69, 9.17) is 9.47 Å². The summed E-state index contributed by atoms with van der Waals surface area (Å²) in [5, 5.41) is 3.42. The van der Waals surface area contributed by atoms with E-state index in [2.05, 4.69) is 46.7 Å². The zero-order valence-electron chi connectivity index (χ0n) is 21.5. The van der Waals surface area contributed by atoms with E-state index in [1.807, 2.05) is 54.7 Å². The number of rotatable bonds is 5. The number of halogens is 2. The van der Waals surface area contributed by atoms with Crippen molar-refractivity contribution >= 4 is 17.6 Å². The minimum atomic E-state index is 0. The monoisotopic (exact) mass is 617 g/mol. The molecule has 0 aromatic heterocycles. The van der Waals surface area contributed by atoms with Crippen LogP contribution < -0.4 is 30.1 Å². The fourth-order valence-corrected chi connectivity index (χ4v) is 3.58. The van der Waals surface area contributed by atoms with Crippen molar-refractivity contribution in [3.05, 3.63) is 96.1 Å². The smallest absolute Gasteiger partial charge is 0.0629 e. The molecular weight excluding hydrogens is 580 g/mol. The number of ether oxygens (including phenoxy) is 2. The Bertz CT molecular complexity index is 904. The minimum Gasteiger partial charge on any atom is -1.00 e.